The van der Waals surface area contributed by atoms with Gasteiger partial charge in [-0.25, -0.2) is 13.6 Å². The minimum absolute atomic E-state index is 0.111. The number of oxime groups is 1. The number of fused-ring (bicyclic) bond motifs is 4. The van der Waals surface area contributed by atoms with E-state index in [1.165, 1.54) is 18.2 Å². The number of alkyl halides is 8. The fourth-order valence-corrected chi connectivity index (χ4v) is 8.98. The number of carbonyl (C=O) groups excluding carboxylic acids is 2. The molecule has 336 valence electrons. The molecule has 1 heterocycles. The number of unbranched alkanes of at least 4 members (excludes halogenated alkanes) is 1. The summed E-state index contributed by atoms with van der Waals surface area (Å²) in [5.41, 5.74) is 5.52. The van der Waals surface area contributed by atoms with E-state index >= 15 is 0 Å². The van der Waals surface area contributed by atoms with Crippen molar-refractivity contribution >= 4 is 34.4 Å². The van der Waals surface area contributed by atoms with Crippen molar-refractivity contribution in [3.05, 3.63) is 128 Å². The Balaban J connectivity index is 1.54. The Morgan fingerprint density at radius 2 is 1.51 bits per heavy atom. The van der Waals surface area contributed by atoms with Crippen LogP contribution in [0.1, 0.15) is 104 Å². The maximum Gasteiger partial charge on any atom is 0.381 e. The Morgan fingerprint density at radius 3 is 2.13 bits per heavy atom. The molecule has 0 saturated carbocycles. The number of rotatable bonds is 17. The van der Waals surface area contributed by atoms with E-state index < -0.39 is 47.9 Å². The number of hydrogen-bond donors (Lipinski definition) is 0. The molecule has 6 rings (SSSR count). The Kier molecular flexibility index (Phi) is 13.4. The van der Waals surface area contributed by atoms with Crippen molar-refractivity contribution in [3.63, 3.8) is 0 Å². The molecule has 2 aliphatic rings. The molecule has 0 spiro atoms. The van der Waals surface area contributed by atoms with Gasteiger partial charge in [0.1, 0.15) is 11.5 Å². The van der Waals surface area contributed by atoms with Crippen LogP contribution in [0.3, 0.4) is 0 Å². The van der Waals surface area contributed by atoms with Crippen LogP contribution in [0.5, 0.6) is 5.75 Å². The highest BCUT2D eigenvalue weighted by molar-refractivity contribution is 6.26. The number of para-hydroxylation sites is 1. The van der Waals surface area contributed by atoms with E-state index in [0.717, 1.165) is 82.7 Å². The topological polar surface area (TPSA) is 68.2 Å². The summed E-state index contributed by atoms with van der Waals surface area (Å²) in [4.78, 5) is 34.4. The van der Waals surface area contributed by atoms with Crippen LogP contribution in [0, 0.1) is 26.7 Å². The van der Waals surface area contributed by atoms with Crippen LogP contribution >= 0.6 is 0 Å². The van der Waals surface area contributed by atoms with Crippen LogP contribution in [0.2, 0.25) is 0 Å². The maximum absolute atomic E-state index is 14.9. The highest BCUT2D eigenvalue weighted by atomic mass is 19.4. The number of ether oxygens (including phenoxy) is 1. The Bertz CT molecular complexity index is 2550. The number of hydrogen-bond acceptors (Lipinski definition) is 6. The van der Waals surface area contributed by atoms with Crippen molar-refractivity contribution in [3.8, 4) is 5.75 Å². The van der Waals surface area contributed by atoms with Crippen LogP contribution < -0.4 is 20.1 Å². The van der Waals surface area contributed by atoms with Crippen molar-refractivity contribution in [1.82, 2.24) is 0 Å². The zero-order chi connectivity index (χ0) is 46.2. The standard InChI is InChI=1S/C49H50F8N2O4/c1-8-10-15-32(9-2)26-59-39-21-20-33(42(58-63-31(6)60)36-18-13-14-19-40(36)62-27-47(52,53)49(56,57)48(54,55)45(50)51)24-38(39)46(7)25-37(34-16-11-12-17-35(34)44(46)59)43(61)41-29(4)22-28(3)23-30(41)5/h11-14,16-24,32,45H,8-10,15,25-27H2,1-7H3/b58-42+. The minimum atomic E-state index is -6.49. The number of anilines is 1. The average molecular weight is 883 g/mol. The molecule has 4 aromatic rings. The van der Waals surface area contributed by atoms with Gasteiger partial charge in [0, 0.05) is 57.8 Å². The van der Waals surface area contributed by atoms with E-state index in [1.54, 1.807) is 12.1 Å². The molecule has 2 unspecified atom stereocenters. The first-order valence-electron chi connectivity index (χ1n) is 20.9. The first kappa shape index (κ1) is 47.0. The van der Waals surface area contributed by atoms with E-state index in [2.05, 4.69) is 23.9 Å². The van der Waals surface area contributed by atoms with Crippen molar-refractivity contribution in [2.45, 2.75) is 110 Å². The molecule has 0 fully saturated rings. The summed E-state index contributed by atoms with van der Waals surface area (Å²) in [6.07, 6.45) is -0.897. The first-order chi connectivity index (χ1) is 29.6. The zero-order valence-electron chi connectivity index (χ0n) is 36.2. The monoisotopic (exact) mass is 882 g/mol. The van der Waals surface area contributed by atoms with Gasteiger partial charge in [-0.1, -0.05) is 98.4 Å². The lowest BCUT2D eigenvalue weighted by Crippen LogP contribution is -2.59. The summed E-state index contributed by atoms with van der Waals surface area (Å²) in [7, 11) is 0. The van der Waals surface area contributed by atoms with Gasteiger partial charge < -0.3 is 14.5 Å². The summed E-state index contributed by atoms with van der Waals surface area (Å²) < 4.78 is 116. The normalized spacial score (nSPS) is 17.1. The summed E-state index contributed by atoms with van der Waals surface area (Å²) >= 11 is 0. The number of carbonyl (C=O) groups is 2. The molecule has 63 heavy (non-hydrogen) atoms. The summed E-state index contributed by atoms with van der Waals surface area (Å²) in [5, 5.41) is 5.73. The molecule has 0 aromatic heterocycles. The van der Waals surface area contributed by atoms with Gasteiger partial charge >= 0.3 is 30.2 Å². The van der Waals surface area contributed by atoms with Crippen LogP contribution in [0.4, 0.5) is 40.8 Å². The third-order valence-electron chi connectivity index (χ3n) is 12.1. The predicted octanol–water partition coefficient (Wildman–Crippen LogP) is 11.0. The van der Waals surface area contributed by atoms with Gasteiger partial charge in [0.2, 0.25) is 0 Å². The molecule has 0 saturated heterocycles. The molecule has 4 aromatic carbocycles. The molecule has 1 aliphatic heterocycles. The van der Waals surface area contributed by atoms with Crippen LogP contribution in [0.15, 0.2) is 84.0 Å². The second-order valence-corrected chi connectivity index (χ2v) is 16.8. The molecule has 0 amide bonds. The molecule has 1 aliphatic carbocycles. The third-order valence-corrected chi connectivity index (χ3v) is 12.1. The quantitative estimate of drug-likeness (QED) is 0.0347. The first-order valence-corrected chi connectivity index (χ1v) is 20.9. The fraction of sp³-hybridized carbons (Fsp3) is 0.408. The number of Topliss-reactive ketones (excluding diaryl/α,β-unsaturated/α-hetero) is 1. The Morgan fingerprint density at radius 1 is 0.873 bits per heavy atom. The highest BCUT2D eigenvalue weighted by Crippen LogP contribution is 2.54. The van der Waals surface area contributed by atoms with Gasteiger partial charge in [-0.2, -0.15) is 26.3 Å². The lowest BCUT2D eigenvalue weighted by molar-refractivity contribution is -0.342. The molecule has 14 heteroatoms. The number of benzene rings is 4. The highest BCUT2D eigenvalue weighted by Gasteiger charge is 2.75. The van der Waals surface area contributed by atoms with Gasteiger partial charge in [0.25, 0.3) is 0 Å². The predicted molar refractivity (Wildman–Crippen MR) is 227 cm³/mol. The van der Waals surface area contributed by atoms with E-state index in [9.17, 15) is 44.7 Å². The number of halogens is 8. The van der Waals surface area contributed by atoms with Gasteiger partial charge in [-0.3, -0.25) is 4.79 Å². The fourth-order valence-electron chi connectivity index (χ4n) is 8.98. The Hall–Kier alpha value is -5.53. The van der Waals surface area contributed by atoms with Gasteiger partial charge in [0.05, 0.1) is 0 Å². The van der Waals surface area contributed by atoms with E-state index in [4.69, 9.17) is 9.57 Å². The minimum Gasteiger partial charge on any atom is -0.486 e. The van der Waals surface area contributed by atoms with Crippen molar-refractivity contribution in [2.75, 3.05) is 18.1 Å². The lowest BCUT2D eigenvalue weighted by atomic mass is 9.70. The largest absolute Gasteiger partial charge is 0.486 e. The zero-order valence-corrected chi connectivity index (χ0v) is 36.2. The molecule has 0 bridgehead atoms. The van der Waals surface area contributed by atoms with Crippen molar-refractivity contribution in [1.29, 1.82) is 0 Å². The van der Waals surface area contributed by atoms with Gasteiger partial charge in [-0.05, 0) is 92.6 Å². The average Bonchev–Trinajstić information content (AvgIpc) is 3.47. The van der Waals surface area contributed by atoms with Gasteiger partial charge in [0.15, 0.2) is 12.4 Å². The number of nitrogens with zero attached hydrogens (tertiary/aromatic N) is 2. The summed E-state index contributed by atoms with van der Waals surface area (Å²) in [5.74, 6) is -19.9. The molecule has 0 N–H and O–H groups in total. The van der Waals surface area contributed by atoms with Crippen LogP contribution in [0.25, 0.3) is 11.3 Å². The molecule has 2 atom stereocenters. The SMILES string of the molecule is CCCCC(CC)CN1C2=c3ccccc3=C(C(=O)c3c(C)cc(C)cc3C)CC2(C)c2cc(/C(=N\OC(C)=O)c3ccccc3OCC(F)(F)C(F)(F)C(F)(F)C(F)F)ccc21. The Labute approximate surface area is 361 Å². The second kappa shape index (κ2) is 17.9. The number of aryl methyl sites for hydroxylation is 3. The van der Waals surface area contributed by atoms with E-state index in [1.807, 2.05) is 70.2 Å². The summed E-state index contributed by atoms with van der Waals surface area (Å²) in [6, 6.07) is 22.1. The third kappa shape index (κ3) is 8.61. The summed E-state index contributed by atoms with van der Waals surface area (Å²) in [6.45, 7) is 11.4. The molecular weight excluding hydrogens is 833 g/mol. The van der Waals surface area contributed by atoms with E-state index in [0.29, 0.717) is 23.6 Å². The lowest BCUT2D eigenvalue weighted by Gasteiger charge is -2.35. The second-order valence-electron chi connectivity index (χ2n) is 16.8. The molecule has 6 nitrogen and oxygen atoms in total. The maximum atomic E-state index is 14.9. The smallest absolute Gasteiger partial charge is 0.381 e. The van der Waals surface area contributed by atoms with E-state index in [-0.39, 0.29) is 29.0 Å². The van der Waals surface area contributed by atoms with Crippen molar-refractivity contribution in [2.24, 2.45) is 11.1 Å². The molecular formula is C49H50F8N2O4. The number of ketones is 1. The van der Waals surface area contributed by atoms with Crippen LogP contribution in [-0.2, 0) is 15.0 Å². The van der Waals surface area contributed by atoms with Gasteiger partial charge in [-0.15, -0.1) is 0 Å². The van der Waals surface area contributed by atoms with Crippen LogP contribution in [-0.4, -0.2) is 54.8 Å². The van der Waals surface area contributed by atoms with Crippen molar-refractivity contribution < 1.29 is 54.3 Å². The molecule has 0 radical (unpaired) electrons.